The fourth-order valence-electron chi connectivity index (χ4n) is 3.73. The summed E-state index contributed by atoms with van der Waals surface area (Å²) in [5.74, 6) is -2.55. The van der Waals surface area contributed by atoms with Crippen molar-refractivity contribution in [3.8, 4) is 5.75 Å². The predicted octanol–water partition coefficient (Wildman–Crippen LogP) is 1.91. The van der Waals surface area contributed by atoms with Crippen LogP contribution in [0.25, 0.3) is 0 Å². The number of benzene rings is 1. The molecule has 5 heteroatoms. The molecule has 0 unspecified atom stereocenters. The van der Waals surface area contributed by atoms with E-state index in [9.17, 15) is 19.5 Å². The Morgan fingerprint density at radius 2 is 1.74 bits per heavy atom. The van der Waals surface area contributed by atoms with Crippen molar-refractivity contribution in [2.75, 3.05) is 7.11 Å². The quantitative estimate of drug-likeness (QED) is 0.858. The predicted molar refractivity (Wildman–Crippen MR) is 84.3 cm³/mol. The summed E-state index contributed by atoms with van der Waals surface area (Å²) in [7, 11) is 1.54. The van der Waals surface area contributed by atoms with Gasteiger partial charge in [0.1, 0.15) is 23.1 Å². The van der Waals surface area contributed by atoms with Crippen LogP contribution in [0.2, 0.25) is 0 Å². The molecule has 0 radical (unpaired) electrons. The van der Waals surface area contributed by atoms with Crippen LogP contribution in [0, 0.1) is 11.8 Å². The molecule has 0 amide bonds. The number of Topliss-reactive ketones (excluding diaryl/α,β-unsaturated/α-hetero) is 3. The molecule has 0 heterocycles. The molecule has 23 heavy (non-hydrogen) atoms. The Hall–Kier alpha value is -2.01. The van der Waals surface area contributed by atoms with Gasteiger partial charge in [0, 0.05) is 12.3 Å². The first kappa shape index (κ1) is 17.3. The van der Waals surface area contributed by atoms with E-state index in [2.05, 4.69) is 0 Å². The van der Waals surface area contributed by atoms with E-state index in [1.807, 2.05) is 0 Å². The van der Waals surface area contributed by atoms with E-state index >= 15 is 0 Å². The lowest BCUT2D eigenvalue weighted by atomic mass is 9.60. The topological polar surface area (TPSA) is 80.7 Å². The summed E-state index contributed by atoms with van der Waals surface area (Å²) >= 11 is 0. The van der Waals surface area contributed by atoms with Gasteiger partial charge in [-0.2, -0.15) is 0 Å². The highest BCUT2D eigenvalue weighted by Crippen LogP contribution is 2.46. The maximum Gasteiger partial charge on any atom is 0.146 e. The fraction of sp³-hybridized carbons (Fsp3) is 0.500. The van der Waals surface area contributed by atoms with Gasteiger partial charge in [0.05, 0.1) is 24.5 Å². The summed E-state index contributed by atoms with van der Waals surface area (Å²) in [6, 6.07) is 6.92. The second-order valence-corrected chi connectivity index (χ2v) is 6.48. The van der Waals surface area contributed by atoms with Crippen LogP contribution in [-0.2, 0) is 14.4 Å². The number of carbonyl (C=O) groups excluding carboxylic acids is 3. The van der Waals surface area contributed by atoms with E-state index in [0.29, 0.717) is 11.3 Å². The SMILES string of the molecule is COc1ccc([C@H]2[C@H](C(C)=O)C(=O)C[C@@](C)(O)[C@@H]2C(C)=O)cc1. The van der Waals surface area contributed by atoms with Crippen LogP contribution in [0.4, 0.5) is 0 Å². The number of hydrogen-bond donors (Lipinski definition) is 1. The van der Waals surface area contributed by atoms with Crippen LogP contribution in [0.15, 0.2) is 24.3 Å². The van der Waals surface area contributed by atoms with Crippen molar-refractivity contribution < 1.29 is 24.2 Å². The molecule has 2 rings (SSSR count). The molecule has 1 aromatic rings. The lowest BCUT2D eigenvalue weighted by Gasteiger charge is -2.44. The van der Waals surface area contributed by atoms with Gasteiger partial charge in [-0.25, -0.2) is 0 Å². The maximum absolute atomic E-state index is 12.4. The molecule has 4 atom stereocenters. The summed E-state index contributed by atoms with van der Waals surface area (Å²) in [4.78, 5) is 36.7. The number of aliphatic hydroxyl groups is 1. The normalized spacial score (nSPS) is 30.8. The molecule has 124 valence electrons. The van der Waals surface area contributed by atoms with E-state index < -0.39 is 23.4 Å². The minimum Gasteiger partial charge on any atom is -0.497 e. The van der Waals surface area contributed by atoms with E-state index in [1.165, 1.54) is 20.8 Å². The van der Waals surface area contributed by atoms with Gasteiger partial charge in [-0.1, -0.05) is 12.1 Å². The van der Waals surface area contributed by atoms with Gasteiger partial charge in [0.15, 0.2) is 0 Å². The smallest absolute Gasteiger partial charge is 0.146 e. The fourth-order valence-corrected chi connectivity index (χ4v) is 3.73. The van der Waals surface area contributed by atoms with E-state index in [1.54, 1.807) is 31.4 Å². The number of hydrogen-bond acceptors (Lipinski definition) is 5. The second kappa shape index (κ2) is 6.24. The van der Waals surface area contributed by atoms with Crippen molar-refractivity contribution in [1.29, 1.82) is 0 Å². The summed E-state index contributed by atoms with van der Waals surface area (Å²) in [5, 5.41) is 10.6. The highest BCUT2D eigenvalue weighted by atomic mass is 16.5. The van der Waals surface area contributed by atoms with Crippen molar-refractivity contribution in [1.82, 2.24) is 0 Å². The van der Waals surface area contributed by atoms with Crippen LogP contribution in [0.3, 0.4) is 0 Å². The summed E-state index contributed by atoms with van der Waals surface area (Å²) in [6.45, 7) is 4.24. The van der Waals surface area contributed by atoms with Crippen LogP contribution in [0.5, 0.6) is 5.75 Å². The van der Waals surface area contributed by atoms with Crippen molar-refractivity contribution in [2.45, 2.75) is 38.7 Å². The van der Waals surface area contributed by atoms with E-state index in [4.69, 9.17) is 4.74 Å². The first-order chi connectivity index (χ1) is 10.7. The zero-order valence-corrected chi connectivity index (χ0v) is 13.8. The third kappa shape index (κ3) is 3.20. The largest absolute Gasteiger partial charge is 0.497 e. The molecule has 0 saturated heterocycles. The first-order valence-electron chi connectivity index (χ1n) is 7.59. The zero-order valence-electron chi connectivity index (χ0n) is 13.8. The van der Waals surface area contributed by atoms with Crippen molar-refractivity contribution in [2.24, 2.45) is 11.8 Å². The molecule has 5 nitrogen and oxygen atoms in total. The Balaban J connectivity index is 2.58. The molecule has 1 fully saturated rings. The summed E-state index contributed by atoms with van der Waals surface area (Å²) < 4.78 is 5.12. The minimum absolute atomic E-state index is 0.186. The van der Waals surface area contributed by atoms with Crippen LogP contribution < -0.4 is 4.74 Å². The second-order valence-electron chi connectivity index (χ2n) is 6.48. The van der Waals surface area contributed by atoms with Crippen molar-refractivity contribution in [3.63, 3.8) is 0 Å². The maximum atomic E-state index is 12.4. The first-order valence-corrected chi connectivity index (χ1v) is 7.59. The number of ether oxygens (including phenoxy) is 1. The van der Waals surface area contributed by atoms with Gasteiger partial charge in [0.2, 0.25) is 0 Å². The molecule has 1 aliphatic carbocycles. The third-order valence-electron chi connectivity index (χ3n) is 4.64. The van der Waals surface area contributed by atoms with Crippen LogP contribution in [-0.4, -0.2) is 35.2 Å². The van der Waals surface area contributed by atoms with E-state index in [-0.39, 0.29) is 23.8 Å². The average Bonchev–Trinajstić information content (AvgIpc) is 2.44. The van der Waals surface area contributed by atoms with Gasteiger partial charge >= 0.3 is 0 Å². The molecule has 1 aliphatic rings. The van der Waals surface area contributed by atoms with Gasteiger partial charge < -0.3 is 9.84 Å². The molecule has 1 N–H and O–H groups in total. The van der Waals surface area contributed by atoms with Gasteiger partial charge in [-0.05, 0) is 38.5 Å². The number of ketones is 3. The van der Waals surface area contributed by atoms with Crippen LogP contribution >= 0.6 is 0 Å². The molecular formula is C18H22O5. The Kier molecular flexibility index (Phi) is 4.71. The minimum atomic E-state index is -1.46. The van der Waals surface area contributed by atoms with Crippen molar-refractivity contribution >= 4 is 17.3 Å². The number of rotatable bonds is 4. The highest BCUT2D eigenvalue weighted by Gasteiger charge is 2.53. The van der Waals surface area contributed by atoms with Crippen LogP contribution in [0.1, 0.15) is 38.7 Å². The number of carbonyl (C=O) groups is 3. The Labute approximate surface area is 135 Å². The number of methoxy groups -OCH3 is 1. The molecule has 0 spiro atoms. The molecule has 0 aromatic heterocycles. The molecule has 0 aliphatic heterocycles. The van der Waals surface area contributed by atoms with Gasteiger partial charge in [0.25, 0.3) is 0 Å². The van der Waals surface area contributed by atoms with E-state index in [0.717, 1.165) is 0 Å². The Bertz CT molecular complexity index is 629. The summed E-state index contributed by atoms with van der Waals surface area (Å²) in [6.07, 6.45) is -0.186. The summed E-state index contributed by atoms with van der Waals surface area (Å²) in [5.41, 5.74) is -0.779. The lowest BCUT2D eigenvalue weighted by Crippen LogP contribution is -2.53. The Morgan fingerprint density at radius 3 is 2.17 bits per heavy atom. The zero-order chi connectivity index (χ0) is 17.4. The lowest BCUT2D eigenvalue weighted by molar-refractivity contribution is -0.151. The molecule has 1 aromatic carbocycles. The van der Waals surface area contributed by atoms with Gasteiger partial charge in [-0.15, -0.1) is 0 Å². The standard InChI is InChI=1S/C18H22O5/c1-10(19)15-14(21)9-18(3,22)17(11(2)20)16(15)12-5-7-13(23-4)8-6-12/h5-8,15-17,22H,9H2,1-4H3/t15-,16+,17-,18-/m1/s1. The third-order valence-corrected chi connectivity index (χ3v) is 4.64. The molecule has 1 saturated carbocycles. The molecule has 0 bridgehead atoms. The van der Waals surface area contributed by atoms with Gasteiger partial charge in [-0.3, -0.25) is 14.4 Å². The van der Waals surface area contributed by atoms with Crippen molar-refractivity contribution in [3.05, 3.63) is 29.8 Å². The Morgan fingerprint density at radius 1 is 1.17 bits per heavy atom. The monoisotopic (exact) mass is 318 g/mol. The highest BCUT2D eigenvalue weighted by molar-refractivity contribution is 6.05. The average molecular weight is 318 g/mol. The molecular weight excluding hydrogens is 296 g/mol.